The number of aryl methyl sites for hydroxylation is 1. The molecule has 2 heterocycles. The first kappa shape index (κ1) is 19.6. The quantitative estimate of drug-likeness (QED) is 0.801. The minimum absolute atomic E-state index is 0.174. The first-order chi connectivity index (χ1) is 12.9. The summed E-state index contributed by atoms with van der Waals surface area (Å²) in [4.78, 5) is 16.7. The van der Waals surface area contributed by atoms with Crippen LogP contribution in [-0.4, -0.2) is 30.5 Å². The van der Waals surface area contributed by atoms with Crippen LogP contribution in [0.2, 0.25) is 0 Å². The molecule has 1 N–H and O–H groups in total. The van der Waals surface area contributed by atoms with Crippen molar-refractivity contribution in [1.29, 1.82) is 0 Å². The first-order valence-electron chi connectivity index (χ1n) is 8.48. The molecule has 3 rings (SSSR count). The molecule has 1 saturated heterocycles. The molecule has 0 saturated carbocycles. The van der Waals surface area contributed by atoms with Gasteiger partial charge in [0.25, 0.3) is 0 Å². The van der Waals surface area contributed by atoms with Crippen LogP contribution < -0.4 is 10.1 Å². The van der Waals surface area contributed by atoms with Crippen molar-refractivity contribution in [3.8, 4) is 5.75 Å². The summed E-state index contributed by atoms with van der Waals surface area (Å²) in [5.74, 6) is -0.477. The smallest absolute Gasteiger partial charge is 0.406 e. The van der Waals surface area contributed by atoms with Gasteiger partial charge >= 0.3 is 6.36 Å². The van der Waals surface area contributed by atoms with Gasteiger partial charge in [-0.15, -0.1) is 24.5 Å². The summed E-state index contributed by atoms with van der Waals surface area (Å²) in [6.07, 6.45) is -3.04. The Morgan fingerprint density at radius 1 is 1.33 bits per heavy atom. The van der Waals surface area contributed by atoms with E-state index < -0.39 is 11.9 Å². The zero-order valence-corrected chi connectivity index (χ0v) is 15.2. The predicted molar refractivity (Wildman–Crippen MR) is 93.4 cm³/mol. The number of nitrogens with one attached hydrogen (secondary N) is 1. The molecule has 0 spiro atoms. The number of carbonyl (C=O) groups is 1. The maximum Gasteiger partial charge on any atom is 0.573 e. The summed E-state index contributed by atoms with van der Waals surface area (Å²) in [6, 6.07) is 5.78. The molecule has 27 heavy (non-hydrogen) atoms. The molecule has 9 heteroatoms. The van der Waals surface area contributed by atoms with Gasteiger partial charge in [-0.1, -0.05) is 12.1 Å². The van der Waals surface area contributed by atoms with Crippen molar-refractivity contribution in [2.45, 2.75) is 37.6 Å². The molecule has 1 aliphatic rings. The minimum Gasteiger partial charge on any atom is -0.406 e. The van der Waals surface area contributed by atoms with Crippen molar-refractivity contribution in [1.82, 2.24) is 10.3 Å². The number of benzene rings is 1. The molecule has 2 aromatic rings. The second kappa shape index (κ2) is 8.26. The Morgan fingerprint density at radius 2 is 2.11 bits per heavy atom. The Morgan fingerprint density at radius 3 is 2.78 bits per heavy atom. The number of hydrogen-bond acceptors (Lipinski definition) is 5. The molecule has 0 bridgehead atoms. The van der Waals surface area contributed by atoms with Gasteiger partial charge in [-0.05, 0) is 37.0 Å². The summed E-state index contributed by atoms with van der Waals surface area (Å²) >= 11 is 1.46. The lowest BCUT2D eigenvalue weighted by Gasteiger charge is -2.38. The zero-order chi connectivity index (χ0) is 19.3. The van der Waals surface area contributed by atoms with Crippen LogP contribution in [0.5, 0.6) is 5.75 Å². The number of halogens is 3. The Balaban J connectivity index is 1.76. The largest absolute Gasteiger partial charge is 0.573 e. The number of thiazole rings is 1. The highest BCUT2D eigenvalue weighted by atomic mass is 32.1. The highest BCUT2D eigenvalue weighted by molar-refractivity contribution is 7.07. The molecule has 1 aromatic carbocycles. The maximum absolute atomic E-state index is 12.5. The molecule has 0 atom stereocenters. The van der Waals surface area contributed by atoms with E-state index in [-0.39, 0.29) is 18.1 Å². The minimum atomic E-state index is -4.77. The molecule has 1 fully saturated rings. The third kappa shape index (κ3) is 5.43. The zero-order valence-electron chi connectivity index (χ0n) is 14.4. The van der Waals surface area contributed by atoms with Gasteiger partial charge in [0.05, 0.1) is 16.7 Å². The molecule has 146 valence electrons. The van der Waals surface area contributed by atoms with E-state index in [1.54, 1.807) is 11.6 Å². The number of carbonyl (C=O) groups excluding carboxylic acids is 1. The van der Waals surface area contributed by atoms with E-state index >= 15 is 0 Å². The molecule has 1 aliphatic heterocycles. The van der Waals surface area contributed by atoms with Gasteiger partial charge in [0.2, 0.25) is 5.91 Å². The van der Waals surface area contributed by atoms with Gasteiger partial charge in [0.1, 0.15) is 5.75 Å². The SMILES string of the molecule is O=C(CCc1cscn1)NC1(c2cccc(OC(F)(F)F)c2)CCOCC1. The maximum atomic E-state index is 12.5. The number of nitrogens with zero attached hydrogens (tertiary/aromatic N) is 1. The molecule has 1 aromatic heterocycles. The fourth-order valence-electron chi connectivity index (χ4n) is 3.13. The second-order valence-corrected chi connectivity index (χ2v) is 7.02. The molecule has 0 unspecified atom stereocenters. The van der Waals surface area contributed by atoms with Gasteiger partial charge in [-0.2, -0.15) is 0 Å². The second-order valence-electron chi connectivity index (χ2n) is 6.30. The molecule has 1 amide bonds. The third-order valence-electron chi connectivity index (χ3n) is 4.44. The molecule has 0 radical (unpaired) electrons. The number of amides is 1. The van der Waals surface area contributed by atoms with Crippen molar-refractivity contribution in [2.75, 3.05) is 13.2 Å². The van der Waals surface area contributed by atoms with Crippen molar-refractivity contribution in [3.63, 3.8) is 0 Å². The number of aromatic nitrogens is 1. The van der Waals surface area contributed by atoms with Gasteiger partial charge in [0.15, 0.2) is 0 Å². The molecular weight excluding hydrogens is 381 g/mol. The molecule has 0 aliphatic carbocycles. The van der Waals surface area contributed by atoms with Crippen molar-refractivity contribution in [3.05, 3.63) is 46.4 Å². The molecule has 5 nitrogen and oxygen atoms in total. The van der Waals surface area contributed by atoms with Crippen molar-refractivity contribution >= 4 is 17.2 Å². The third-order valence-corrected chi connectivity index (χ3v) is 5.07. The average Bonchev–Trinajstić information content (AvgIpc) is 3.13. The van der Waals surface area contributed by atoms with Crippen LogP contribution in [0, 0.1) is 0 Å². The van der Waals surface area contributed by atoms with E-state index in [0.717, 1.165) is 5.69 Å². The van der Waals surface area contributed by atoms with E-state index in [1.807, 2.05) is 5.38 Å². The lowest BCUT2D eigenvalue weighted by atomic mass is 9.82. The van der Waals surface area contributed by atoms with Crippen molar-refractivity contribution < 1.29 is 27.4 Å². The lowest BCUT2D eigenvalue weighted by Crippen LogP contribution is -2.49. The van der Waals surface area contributed by atoms with Gasteiger partial charge in [-0.25, -0.2) is 4.98 Å². The van der Waals surface area contributed by atoms with E-state index in [1.165, 1.54) is 29.5 Å². The number of ether oxygens (including phenoxy) is 2. The number of alkyl halides is 3. The lowest BCUT2D eigenvalue weighted by molar-refractivity contribution is -0.274. The van der Waals surface area contributed by atoms with Crippen LogP contribution in [0.3, 0.4) is 0 Å². The predicted octanol–water partition coefficient (Wildman–Crippen LogP) is 3.80. The average molecular weight is 400 g/mol. The van der Waals surface area contributed by atoms with Crippen LogP contribution in [0.1, 0.15) is 30.5 Å². The fourth-order valence-corrected chi connectivity index (χ4v) is 3.72. The Bertz CT molecular complexity index is 759. The van der Waals surface area contributed by atoms with Gasteiger partial charge in [0, 0.05) is 25.0 Å². The topological polar surface area (TPSA) is 60.5 Å². The van der Waals surface area contributed by atoms with Crippen LogP contribution in [0.15, 0.2) is 35.2 Å². The van der Waals surface area contributed by atoms with Crippen molar-refractivity contribution in [2.24, 2.45) is 0 Å². The van der Waals surface area contributed by atoms with E-state index in [4.69, 9.17) is 4.74 Å². The van der Waals surface area contributed by atoms with Crippen LogP contribution in [0.25, 0.3) is 0 Å². The number of hydrogen-bond donors (Lipinski definition) is 1. The van der Waals surface area contributed by atoms with Crippen LogP contribution >= 0.6 is 11.3 Å². The summed E-state index contributed by atoms with van der Waals surface area (Å²) < 4.78 is 47.0. The Labute approximate surface area is 158 Å². The monoisotopic (exact) mass is 400 g/mol. The number of rotatable bonds is 6. The first-order valence-corrected chi connectivity index (χ1v) is 9.43. The standard InChI is InChI=1S/C18H19F3N2O3S/c19-18(20,21)26-15-3-1-2-13(10-15)17(6-8-25-9-7-17)23-16(24)5-4-14-11-27-12-22-14/h1-3,10-12H,4-9H2,(H,23,24). The van der Waals surface area contributed by atoms with Gasteiger partial charge < -0.3 is 14.8 Å². The summed E-state index contributed by atoms with van der Waals surface area (Å²) in [7, 11) is 0. The Kier molecular flexibility index (Phi) is 6.01. The fraction of sp³-hybridized carbons (Fsp3) is 0.444. The van der Waals surface area contributed by atoms with E-state index in [0.29, 0.717) is 38.0 Å². The normalized spacial score (nSPS) is 16.7. The summed E-state index contributed by atoms with van der Waals surface area (Å²) in [6.45, 7) is 0.827. The van der Waals surface area contributed by atoms with E-state index in [2.05, 4.69) is 15.0 Å². The van der Waals surface area contributed by atoms with Crippen LogP contribution in [0.4, 0.5) is 13.2 Å². The Hall–Kier alpha value is -2.13. The van der Waals surface area contributed by atoms with Gasteiger partial charge in [-0.3, -0.25) is 4.79 Å². The summed E-state index contributed by atoms with van der Waals surface area (Å²) in [5.41, 5.74) is 2.35. The highest BCUT2D eigenvalue weighted by Crippen LogP contribution is 2.35. The van der Waals surface area contributed by atoms with E-state index in [9.17, 15) is 18.0 Å². The molecular formula is C18H19F3N2O3S. The van der Waals surface area contributed by atoms with Crippen LogP contribution in [-0.2, 0) is 21.5 Å². The highest BCUT2D eigenvalue weighted by Gasteiger charge is 2.37. The summed E-state index contributed by atoms with van der Waals surface area (Å²) in [5, 5.41) is 4.91.